The standard InChI is InChI=1S/C17H14N2O2/c1-21-13-5-2-4-12(10-13)11-16(20)14-6-3-7-15-17(14)19-9-8-18-15/h2-10H,11H2,1H3. The molecule has 1 heterocycles. The number of aromatic nitrogens is 2. The van der Waals surface area contributed by atoms with Crippen molar-refractivity contribution in [2.75, 3.05) is 7.11 Å². The molecule has 0 aliphatic carbocycles. The first kappa shape index (κ1) is 13.2. The summed E-state index contributed by atoms with van der Waals surface area (Å²) in [4.78, 5) is 21.0. The van der Waals surface area contributed by atoms with Gasteiger partial charge in [-0.05, 0) is 29.8 Å². The predicted octanol–water partition coefficient (Wildman–Crippen LogP) is 3.06. The molecule has 0 spiro atoms. The van der Waals surface area contributed by atoms with Crippen LogP contribution in [0.5, 0.6) is 5.75 Å². The Morgan fingerprint density at radius 3 is 2.76 bits per heavy atom. The fraction of sp³-hybridized carbons (Fsp3) is 0.118. The minimum Gasteiger partial charge on any atom is -0.497 e. The van der Waals surface area contributed by atoms with Crippen LogP contribution in [0, 0.1) is 0 Å². The van der Waals surface area contributed by atoms with Crippen LogP contribution in [0.2, 0.25) is 0 Å². The second-order valence-electron chi connectivity index (χ2n) is 4.68. The molecule has 4 nitrogen and oxygen atoms in total. The van der Waals surface area contributed by atoms with Gasteiger partial charge < -0.3 is 4.74 Å². The Kier molecular flexibility index (Phi) is 3.60. The van der Waals surface area contributed by atoms with Crippen molar-refractivity contribution in [3.63, 3.8) is 0 Å². The summed E-state index contributed by atoms with van der Waals surface area (Å²) in [5.74, 6) is 0.771. The number of methoxy groups -OCH3 is 1. The highest BCUT2D eigenvalue weighted by molar-refractivity contribution is 6.06. The molecule has 0 aliphatic heterocycles. The van der Waals surface area contributed by atoms with E-state index in [-0.39, 0.29) is 5.78 Å². The van der Waals surface area contributed by atoms with Crippen molar-refractivity contribution < 1.29 is 9.53 Å². The largest absolute Gasteiger partial charge is 0.497 e. The third-order valence-electron chi connectivity index (χ3n) is 3.30. The lowest BCUT2D eigenvalue weighted by atomic mass is 10.0. The van der Waals surface area contributed by atoms with Gasteiger partial charge in [0.2, 0.25) is 0 Å². The lowest BCUT2D eigenvalue weighted by Gasteiger charge is -2.06. The van der Waals surface area contributed by atoms with Crippen LogP contribution in [0.4, 0.5) is 0 Å². The molecule has 3 aromatic rings. The minimum absolute atomic E-state index is 0.0225. The van der Waals surface area contributed by atoms with E-state index in [2.05, 4.69) is 9.97 Å². The molecule has 0 saturated heterocycles. The van der Waals surface area contributed by atoms with Crippen molar-refractivity contribution in [3.8, 4) is 5.75 Å². The van der Waals surface area contributed by atoms with Gasteiger partial charge in [0.15, 0.2) is 5.78 Å². The summed E-state index contributed by atoms with van der Waals surface area (Å²) in [6, 6.07) is 13.0. The molecule has 0 radical (unpaired) electrons. The molecule has 0 N–H and O–H groups in total. The molecule has 104 valence electrons. The number of hydrogen-bond donors (Lipinski definition) is 0. The molecule has 0 fully saturated rings. The summed E-state index contributed by atoms with van der Waals surface area (Å²) in [7, 11) is 1.61. The minimum atomic E-state index is 0.0225. The van der Waals surface area contributed by atoms with Crippen LogP contribution in [0.15, 0.2) is 54.9 Å². The van der Waals surface area contributed by atoms with Crippen LogP contribution in [0.25, 0.3) is 11.0 Å². The summed E-state index contributed by atoms with van der Waals surface area (Å²) >= 11 is 0. The molecule has 0 aliphatic rings. The summed E-state index contributed by atoms with van der Waals surface area (Å²) in [5, 5.41) is 0. The van der Waals surface area contributed by atoms with Crippen LogP contribution < -0.4 is 4.74 Å². The Balaban J connectivity index is 1.93. The second-order valence-corrected chi connectivity index (χ2v) is 4.68. The average Bonchev–Trinajstić information content (AvgIpc) is 2.54. The maximum absolute atomic E-state index is 12.5. The lowest BCUT2D eigenvalue weighted by molar-refractivity contribution is 0.0994. The number of ketones is 1. The van der Waals surface area contributed by atoms with Gasteiger partial charge in [0.1, 0.15) is 5.75 Å². The maximum Gasteiger partial charge on any atom is 0.169 e. The van der Waals surface area contributed by atoms with E-state index in [4.69, 9.17) is 4.74 Å². The molecule has 4 heteroatoms. The van der Waals surface area contributed by atoms with Crippen LogP contribution in [-0.4, -0.2) is 22.9 Å². The predicted molar refractivity (Wildman–Crippen MR) is 80.6 cm³/mol. The number of rotatable bonds is 4. The molecule has 0 bridgehead atoms. The molecule has 1 aromatic heterocycles. The van der Waals surface area contributed by atoms with E-state index in [1.807, 2.05) is 36.4 Å². The number of fused-ring (bicyclic) bond motifs is 1. The van der Waals surface area contributed by atoms with Gasteiger partial charge in [-0.15, -0.1) is 0 Å². The molecule has 0 saturated carbocycles. The Morgan fingerprint density at radius 2 is 1.90 bits per heavy atom. The summed E-state index contributed by atoms with van der Waals surface area (Å²) < 4.78 is 5.18. The molecular weight excluding hydrogens is 264 g/mol. The van der Waals surface area contributed by atoms with Gasteiger partial charge >= 0.3 is 0 Å². The molecular formula is C17H14N2O2. The van der Waals surface area contributed by atoms with E-state index in [9.17, 15) is 4.79 Å². The van der Waals surface area contributed by atoms with E-state index in [0.717, 1.165) is 16.8 Å². The second kappa shape index (κ2) is 5.71. The zero-order valence-electron chi connectivity index (χ0n) is 11.6. The summed E-state index contributed by atoms with van der Waals surface area (Å²) in [6.45, 7) is 0. The quantitative estimate of drug-likeness (QED) is 0.688. The lowest BCUT2D eigenvalue weighted by Crippen LogP contribution is -2.05. The Hall–Kier alpha value is -2.75. The fourth-order valence-corrected chi connectivity index (χ4v) is 2.28. The molecule has 0 atom stereocenters. The number of nitrogens with zero attached hydrogens (tertiary/aromatic N) is 2. The van der Waals surface area contributed by atoms with Crippen molar-refractivity contribution in [2.24, 2.45) is 0 Å². The van der Waals surface area contributed by atoms with Crippen molar-refractivity contribution in [1.82, 2.24) is 9.97 Å². The number of ether oxygens (including phenoxy) is 1. The van der Waals surface area contributed by atoms with Gasteiger partial charge in [0.05, 0.1) is 18.1 Å². The highest BCUT2D eigenvalue weighted by Gasteiger charge is 2.12. The van der Waals surface area contributed by atoms with Crippen molar-refractivity contribution in [3.05, 3.63) is 66.0 Å². The van der Waals surface area contributed by atoms with Gasteiger partial charge in [-0.3, -0.25) is 14.8 Å². The van der Waals surface area contributed by atoms with E-state index >= 15 is 0 Å². The van der Waals surface area contributed by atoms with E-state index in [1.54, 1.807) is 25.6 Å². The first-order chi connectivity index (χ1) is 10.3. The third kappa shape index (κ3) is 2.74. The number of para-hydroxylation sites is 1. The molecule has 0 unspecified atom stereocenters. The van der Waals surface area contributed by atoms with Crippen LogP contribution >= 0.6 is 0 Å². The monoisotopic (exact) mass is 278 g/mol. The number of Topliss-reactive ketones (excluding diaryl/α,β-unsaturated/α-hetero) is 1. The van der Waals surface area contributed by atoms with Crippen molar-refractivity contribution >= 4 is 16.8 Å². The normalized spacial score (nSPS) is 10.5. The first-order valence-electron chi connectivity index (χ1n) is 6.64. The van der Waals surface area contributed by atoms with Gasteiger partial charge in [-0.1, -0.05) is 18.2 Å². The SMILES string of the molecule is COc1cccc(CC(=O)c2cccc3nccnc23)c1. The van der Waals surface area contributed by atoms with Crippen LogP contribution in [0.3, 0.4) is 0 Å². The van der Waals surface area contributed by atoms with Gasteiger partial charge in [0.25, 0.3) is 0 Å². The first-order valence-corrected chi connectivity index (χ1v) is 6.64. The Bertz CT molecular complexity index is 794. The zero-order chi connectivity index (χ0) is 14.7. The Labute approximate surface area is 122 Å². The van der Waals surface area contributed by atoms with Crippen LogP contribution in [0.1, 0.15) is 15.9 Å². The van der Waals surface area contributed by atoms with Gasteiger partial charge in [0, 0.05) is 24.4 Å². The molecule has 3 rings (SSSR count). The van der Waals surface area contributed by atoms with Gasteiger partial charge in [-0.25, -0.2) is 0 Å². The molecule has 2 aromatic carbocycles. The number of carbonyl (C=O) groups is 1. The van der Waals surface area contributed by atoms with Gasteiger partial charge in [-0.2, -0.15) is 0 Å². The number of carbonyl (C=O) groups excluding carboxylic acids is 1. The van der Waals surface area contributed by atoms with Crippen molar-refractivity contribution in [2.45, 2.75) is 6.42 Å². The summed E-state index contributed by atoms with van der Waals surface area (Å²) in [6.07, 6.45) is 3.54. The fourth-order valence-electron chi connectivity index (χ4n) is 2.28. The highest BCUT2D eigenvalue weighted by atomic mass is 16.5. The van der Waals surface area contributed by atoms with E-state index in [1.165, 1.54) is 0 Å². The number of hydrogen-bond acceptors (Lipinski definition) is 4. The maximum atomic E-state index is 12.5. The topological polar surface area (TPSA) is 52.1 Å². The molecule has 21 heavy (non-hydrogen) atoms. The van der Waals surface area contributed by atoms with E-state index < -0.39 is 0 Å². The van der Waals surface area contributed by atoms with Crippen LogP contribution in [-0.2, 0) is 6.42 Å². The Morgan fingerprint density at radius 1 is 1.10 bits per heavy atom. The third-order valence-corrected chi connectivity index (χ3v) is 3.30. The number of benzene rings is 2. The average molecular weight is 278 g/mol. The smallest absolute Gasteiger partial charge is 0.169 e. The molecule has 0 amide bonds. The van der Waals surface area contributed by atoms with Crippen molar-refractivity contribution in [1.29, 1.82) is 0 Å². The van der Waals surface area contributed by atoms with E-state index in [0.29, 0.717) is 17.5 Å². The highest BCUT2D eigenvalue weighted by Crippen LogP contribution is 2.18. The zero-order valence-corrected chi connectivity index (χ0v) is 11.6. The summed E-state index contributed by atoms with van der Waals surface area (Å²) in [5.41, 5.74) is 2.89.